The van der Waals surface area contributed by atoms with E-state index in [0.29, 0.717) is 0 Å². The molecule has 0 heterocycles. The van der Waals surface area contributed by atoms with Crippen molar-refractivity contribution in [3.63, 3.8) is 0 Å². The normalized spacial score (nSPS) is 19.0. The van der Waals surface area contributed by atoms with Gasteiger partial charge in [0.2, 0.25) is 0 Å². The average molecular weight is 308 g/mol. The first-order chi connectivity index (χ1) is 7.65. The Kier molecular flexibility index (Phi) is 8.10. The van der Waals surface area contributed by atoms with Gasteiger partial charge in [-0.05, 0) is 19.3 Å². The fourth-order valence-corrected chi connectivity index (χ4v) is 3.35. The summed E-state index contributed by atoms with van der Waals surface area (Å²) in [5.41, 5.74) is -2.15. The molecule has 1 aliphatic rings. The second-order valence-electron chi connectivity index (χ2n) is 3.95. The van der Waals surface area contributed by atoms with E-state index >= 15 is 0 Å². The predicted molar refractivity (Wildman–Crippen MR) is 50.8 cm³/mol. The van der Waals surface area contributed by atoms with Crippen molar-refractivity contribution < 1.29 is 91.9 Å². The van der Waals surface area contributed by atoms with E-state index in [1.165, 1.54) is 0 Å². The first-order valence-corrected chi connectivity index (χ1v) is 6.10. The van der Waals surface area contributed by atoms with Gasteiger partial charge in [-0.3, -0.25) is 4.55 Å². The number of carbonyl (C=O) groups is 2. The molecule has 96 valence electrons. The van der Waals surface area contributed by atoms with Gasteiger partial charge in [-0.25, -0.2) is 0 Å². The minimum Gasteiger partial charge on any atom is -0.549 e. The first-order valence-electron chi connectivity index (χ1n) is 4.66. The number of hydrogen-bond acceptors (Lipinski definition) is 6. The number of allylic oxidation sites excluding steroid dienone is 1. The van der Waals surface area contributed by atoms with E-state index in [4.69, 9.17) is 4.55 Å². The van der Waals surface area contributed by atoms with E-state index in [9.17, 15) is 28.2 Å². The molecule has 19 heavy (non-hydrogen) atoms. The maximum Gasteiger partial charge on any atom is 1.00 e. The number of rotatable bonds is 6. The molecule has 0 aromatic rings. The Balaban J connectivity index is 0. The van der Waals surface area contributed by atoms with Crippen LogP contribution in [0.1, 0.15) is 19.3 Å². The van der Waals surface area contributed by atoms with Crippen molar-refractivity contribution in [3.05, 3.63) is 12.7 Å². The van der Waals surface area contributed by atoms with E-state index in [2.05, 4.69) is 6.58 Å². The molecule has 0 aliphatic heterocycles. The largest absolute Gasteiger partial charge is 1.00 e. The maximum atomic E-state index is 11.3. The van der Waals surface area contributed by atoms with Gasteiger partial charge in [-0.2, -0.15) is 8.42 Å². The van der Waals surface area contributed by atoms with E-state index in [-0.39, 0.29) is 72.0 Å². The van der Waals surface area contributed by atoms with Crippen LogP contribution in [-0.4, -0.2) is 29.7 Å². The molecule has 1 aliphatic carbocycles. The summed E-state index contributed by atoms with van der Waals surface area (Å²) in [7, 11) is -5.18. The Labute approximate surface area is 154 Å². The van der Waals surface area contributed by atoms with Crippen LogP contribution in [0.5, 0.6) is 0 Å². The summed E-state index contributed by atoms with van der Waals surface area (Å²) in [4.78, 5) is 22.0. The van der Waals surface area contributed by atoms with Crippen LogP contribution in [0.15, 0.2) is 12.7 Å². The summed E-state index contributed by atoms with van der Waals surface area (Å²) in [5.74, 6) is -4.00. The van der Waals surface area contributed by atoms with E-state index in [1.807, 2.05) is 0 Å². The standard InChI is InChI=1S/C9H12O7S.2Na/c1-2-3-9(7(12)13,17(14,15)16)8(4-5-8)6(10)11;;/h2H,1,3-5H2,(H,10,11)(H,12,13)(H,14,15,16);;/q;2*+1/p-2. The van der Waals surface area contributed by atoms with Crippen molar-refractivity contribution >= 4 is 22.1 Å². The molecule has 0 radical (unpaired) electrons. The summed E-state index contributed by atoms with van der Waals surface area (Å²) >= 11 is 0. The van der Waals surface area contributed by atoms with Gasteiger partial charge in [0.1, 0.15) is 0 Å². The smallest absolute Gasteiger partial charge is 0.549 e. The molecule has 1 atom stereocenters. The van der Waals surface area contributed by atoms with Gasteiger partial charge in [0.15, 0.2) is 4.75 Å². The molecule has 0 spiro atoms. The van der Waals surface area contributed by atoms with Crippen molar-refractivity contribution in [2.24, 2.45) is 5.41 Å². The second kappa shape index (κ2) is 7.04. The minimum absolute atomic E-state index is 0. The zero-order chi connectivity index (χ0) is 13.5. The topological polar surface area (TPSA) is 135 Å². The van der Waals surface area contributed by atoms with Crippen LogP contribution in [0.25, 0.3) is 0 Å². The summed E-state index contributed by atoms with van der Waals surface area (Å²) in [6, 6.07) is 0. The molecule has 1 N–H and O–H groups in total. The van der Waals surface area contributed by atoms with Crippen molar-refractivity contribution in [1.29, 1.82) is 0 Å². The molecule has 0 aromatic carbocycles. The zero-order valence-corrected chi connectivity index (χ0v) is 15.5. The van der Waals surface area contributed by atoms with E-state index < -0.39 is 38.6 Å². The van der Waals surface area contributed by atoms with Gasteiger partial charge in [0, 0.05) is 11.4 Å². The molecule has 1 rings (SSSR count). The summed E-state index contributed by atoms with van der Waals surface area (Å²) < 4.78 is 28.7. The quantitative estimate of drug-likeness (QED) is 0.292. The van der Waals surface area contributed by atoms with Crippen LogP contribution in [0.4, 0.5) is 0 Å². The maximum absolute atomic E-state index is 11.3. The summed E-state index contributed by atoms with van der Waals surface area (Å²) in [6.07, 6.45) is -0.275. The van der Waals surface area contributed by atoms with E-state index in [1.54, 1.807) is 0 Å². The molecule has 1 fully saturated rings. The first kappa shape index (κ1) is 21.9. The number of carbonyl (C=O) groups excluding carboxylic acids is 2. The van der Waals surface area contributed by atoms with Crippen LogP contribution in [0, 0.1) is 5.41 Å². The van der Waals surface area contributed by atoms with Gasteiger partial charge in [0.05, 0.1) is 5.97 Å². The number of aliphatic carboxylic acids is 2. The average Bonchev–Trinajstić information content (AvgIpc) is 2.92. The molecular formula is C9H10Na2O7S. The Bertz CT molecular complexity index is 483. The summed E-state index contributed by atoms with van der Waals surface area (Å²) in [5, 5.41) is 22.0. The van der Waals surface area contributed by atoms with Crippen molar-refractivity contribution in [3.8, 4) is 0 Å². The number of carboxylic acids is 2. The Morgan fingerprint density at radius 2 is 1.74 bits per heavy atom. The molecule has 7 nitrogen and oxygen atoms in total. The Morgan fingerprint density at radius 1 is 1.32 bits per heavy atom. The Morgan fingerprint density at radius 3 is 1.89 bits per heavy atom. The number of carboxylic acid groups (broad SMARTS) is 2. The predicted octanol–water partition coefficient (Wildman–Crippen LogP) is -8.52. The van der Waals surface area contributed by atoms with Crippen molar-refractivity contribution in [2.75, 3.05) is 0 Å². The van der Waals surface area contributed by atoms with Crippen LogP contribution in [0.3, 0.4) is 0 Å². The van der Waals surface area contributed by atoms with E-state index in [0.717, 1.165) is 6.08 Å². The molecule has 1 saturated carbocycles. The van der Waals surface area contributed by atoms with Gasteiger partial charge < -0.3 is 19.8 Å². The molecule has 1 unspecified atom stereocenters. The van der Waals surface area contributed by atoms with Gasteiger partial charge >= 0.3 is 59.1 Å². The zero-order valence-electron chi connectivity index (χ0n) is 10.7. The van der Waals surface area contributed by atoms with Crippen LogP contribution >= 0.6 is 0 Å². The number of hydrogen-bond donors (Lipinski definition) is 1. The molecule has 0 bridgehead atoms. The molecule has 0 aromatic heterocycles. The third-order valence-electron chi connectivity index (χ3n) is 3.12. The van der Waals surface area contributed by atoms with Crippen molar-refractivity contribution in [2.45, 2.75) is 24.0 Å². The monoisotopic (exact) mass is 308 g/mol. The molecule has 0 amide bonds. The molecule has 0 saturated heterocycles. The summed E-state index contributed by atoms with van der Waals surface area (Å²) in [6.45, 7) is 3.16. The Hall–Kier alpha value is 0.590. The third kappa shape index (κ3) is 3.26. The fraction of sp³-hybridized carbons (Fsp3) is 0.556. The van der Waals surface area contributed by atoms with Gasteiger partial charge in [-0.1, -0.05) is 6.08 Å². The SMILES string of the molecule is C=CCC(C(=O)[O-])(C1(C(=O)[O-])CC1)S(=O)(=O)O.[Na+].[Na+]. The second-order valence-corrected chi connectivity index (χ2v) is 5.60. The molecule has 10 heteroatoms. The molecular weight excluding hydrogens is 298 g/mol. The third-order valence-corrected chi connectivity index (χ3v) is 4.72. The fourth-order valence-electron chi connectivity index (χ4n) is 2.03. The van der Waals surface area contributed by atoms with Crippen LogP contribution in [-0.2, 0) is 19.7 Å². The van der Waals surface area contributed by atoms with Crippen molar-refractivity contribution in [1.82, 2.24) is 0 Å². The van der Waals surface area contributed by atoms with Gasteiger partial charge in [0.25, 0.3) is 10.1 Å². The van der Waals surface area contributed by atoms with Crippen LogP contribution < -0.4 is 69.3 Å². The minimum atomic E-state index is -5.18. The van der Waals surface area contributed by atoms with Gasteiger partial charge in [-0.15, -0.1) is 6.58 Å². The van der Waals surface area contributed by atoms with Crippen LogP contribution in [0.2, 0.25) is 0 Å².